The van der Waals surface area contributed by atoms with Gasteiger partial charge in [0.2, 0.25) is 0 Å². The molecule has 0 aliphatic heterocycles. The molecular weight excluding hydrogens is 357 g/mol. The van der Waals surface area contributed by atoms with E-state index in [0.29, 0.717) is 0 Å². The molecule has 0 aromatic heterocycles. The third-order valence-corrected chi connectivity index (χ3v) is 0. The zero-order valence-corrected chi connectivity index (χ0v) is 12.7. The minimum absolute atomic E-state index is 0. The van der Waals surface area contributed by atoms with Gasteiger partial charge in [0, 0.05) is 53.8 Å². The Kier molecular flexibility index (Phi) is 56.2. The zero-order chi connectivity index (χ0) is 6.28. The van der Waals surface area contributed by atoms with Gasteiger partial charge < -0.3 is 12.8 Å². The average Bonchev–Trinajstić information content (AvgIpc) is 1.33. The van der Waals surface area contributed by atoms with Crippen molar-refractivity contribution in [2.75, 3.05) is 0 Å². The largest absolute Gasteiger partial charge is 0.344 e. The van der Waals surface area contributed by atoms with Crippen LogP contribution in [0.15, 0.2) is 0 Å². The molecule has 0 amide bonds. The third kappa shape index (κ3) is 185. The molecule has 0 spiro atoms. The van der Waals surface area contributed by atoms with Crippen LogP contribution in [0.5, 0.6) is 0 Å². The molecule has 0 aliphatic rings. The summed E-state index contributed by atoms with van der Waals surface area (Å²) in [5.41, 5.74) is 0. The summed E-state index contributed by atoms with van der Waals surface area (Å²) in [5, 5.41) is 0. The van der Waals surface area contributed by atoms with Crippen LogP contribution in [0.4, 0.5) is 0 Å². The quantitative estimate of drug-likeness (QED) is 0.574. The smallest absolute Gasteiger partial charge is 0 e. The maximum absolute atomic E-state index is 3.49. The van der Waals surface area contributed by atoms with Gasteiger partial charge in [-0.2, -0.15) is 27.2 Å². The summed E-state index contributed by atoms with van der Waals surface area (Å²) in [6.07, 6.45) is 1.00. The molecule has 0 aliphatic carbocycles. The van der Waals surface area contributed by atoms with E-state index in [-0.39, 0.29) is 53.8 Å². The molecule has 0 aromatic rings. The van der Waals surface area contributed by atoms with E-state index >= 15 is 0 Å². The van der Waals surface area contributed by atoms with Crippen LogP contribution in [0.3, 0.4) is 0 Å². The standard InChI is InChI=1S/C4H9.C3H7.W.Y/c1-4(2)3;1-3-2;;/h1-3H3;1,3H2,2H3;;/q2*-1;;. The normalized spacial score (nSPS) is 6.00. The molecule has 9 heavy (non-hydrogen) atoms. The predicted octanol–water partition coefficient (Wildman–Crippen LogP) is 2.85. The number of hydrogen-bond donors (Lipinski definition) is 0. The van der Waals surface area contributed by atoms with Crippen molar-refractivity contribution in [1.82, 2.24) is 0 Å². The van der Waals surface area contributed by atoms with E-state index in [2.05, 4.69) is 27.7 Å². The Morgan fingerprint density at radius 1 is 1.22 bits per heavy atom. The third-order valence-electron chi connectivity index (χ3n) is 0. The summed E-state index contributed by atoms with van der Waals surface area (Å²) >= 11 is 0. The maximum atomic E-state index is 3.49. The van der Waals surface area contributed by atoms with Crippen molar-refractivity contribution in [1.29, 1.82) is 0 Å². The van der Waals surface area contributed by atoms with E-state index < -0.39 is 0 Å². The van der Waals surface area contributed by atoms with E-state index in [4.69, 9.17) is 0 Å². The summed E-state index contributed by atoms with van der Waals surface area (Å²) < 4.78 is 0. The summed E-state index contributed by atoms with van der Waals surface area (Å²) in [5.74, 6) is 1.42. The van der Waals surface area contributed by atoms with Crippen molar-refractivity contribution in [3.8, 4) is 0 Å². The summed E-state index contributed by atoms with van der Waals surface area (Å²) in [7, 11) is 0. The Labute approximate surface area is 99.7 Å². The zero-order valence-electron chi connectivity index (χ0n) is 6.90. The topological polar surface area (TPSA) is 0 Å². The number of rotatable bonds is 0. The molecule has 1 radical (unpaired) electrons. The van der Waals surface area contributed by atoms with Gasteiger partial charge in [0.1, 0.15) is 0 Å². The van der Waals surface area contributed by atoms with E-state index in [9.17, 15) is 0 Å². The van der Waals surface area contributed by atoms with Crippen LogP contribution < -0.4 is 0 Å². The molecular formula is C7H16WY-2. The first-order chi connectivity index (χ1) is 3.15. The van der Waals surface area contributed by atoms with Gasteiger partial charge in [0.05, 0.1) is 0 Å². The van der Waals surface area contributed by atoms with Gasteiger partial charge in [-0.15, -0.1) is 0 Å². The maximum Gasteiger partial charge on any atom is 0 e. The van der Waals surface area contributed by atoms with Gasteiger partial charge in [-0.05, 0) is 0 Å². The van der Waals surface area contributed by atoms with Crippen LogP contribution in [-0.4, -0.2) is 0 Å². The molecule has 55 valence electrons. The Hall–Kier alpha value is 1.79. The fourth-order valence-electron chi connectivity index (χ4n) is 0. The molecule has 0 nitrogen and oxygen atoms in total. The van der Waals surface area contributed by atoms with Gasteiger partial charge in [-0.25, -0.2) is 0 Å². The SMILES string of the molecule is C[C-](C)C.[CH2-]CC.[W].[Y]. The average molecular weight is 373 g/mol. The molecule has 0 atom stereocenters. The van der Waals surface area contributed by atoms with Crippen LogP contribution in [-0.2, 0) is 53.8 Å². The van der Waals surface area contributed by atoms with E-state index in [0.717, 1.165) is 6.42 Å². The molecule has 0 heterocycles. The summed E-state index contributed by atoms with van der Waals surface area (Å²) in [6, 6.07) is 0. The predicted molar refractivity (Wildman–Crippen MR) is 35.9 cm³/mol. The van der Waals surface area contributed by atoms with Crippen LogP contribution >= 0.6 is 0 Å². The van der Waals surface area contributed by atoms with Crippen molar-refractivity contribution in [3.05, 3.63) is 12.8 Å². The van der Waals surface area contributed by atoms with Crippen molar-refractivity contribution in [2.45, 2.75) is 34.1 Å². The summed E-state index contributed by atoms with van der Waals surface area (Å²) in [4.78, 5) is 0. The van der Waals surface area contributed by atoms with Crippen LogP contribution in [0.25, 0.3) is 0 Å². The molecule has 0 N–H and O–H groups in total. The van der Waals surface area contributed by atoms with Crippen molar-refractivity contribution < 1.29 is 53.8 Å². The van der Waals surface area contributed by atoms with Crippen molar-refractivity contribution >= 4 is 0 Å². The Bertz CT molecular complexity index is 20.1. The Balaban J connectivity index is -0.0000000233. The first-order valence-electron chi connectivity index (χ1n) is 2.71. The second-order valence-corrected chi connectivity index (χ2v) is 2.00. The van der Waals surface area contributed by atoms with E-state index in [1.54, 1.807) is 0 Å². The van der Waals surface area contributed by atoms with Gasteiger partial charge in [-0.3, -0.25) is 0 Å². The molecule has 0 aromatic carbocycles. The Morgan fingerprint density at radius 2 is 1.22 bits per heavy atom. The van der Waals surface area contributed by atoms with Crippen LogP contribution in [0.2, 0.25) is 0 Å². The fraction of sp³-hybridized carbons (Fsp3) is 0.714. The van der Waals surface area contributed by atoms with E-state index in [1.807, 2.05) is 6.92 Å². The second kappa shape index (κ2) is 22.6. The minimum Gasteiger partial charge on any atom is -0.344 e. The van der Waals surface area contributed by atoms with Crippen LogP contribution in [0.1, 0.15) is 34.1 Å². The monoisotopic (exact) mass is 373 g/mol. The fourth-order valence-corrected chi connectivity index (χ4v) is 0. The molecule has 0 fully saturated rings. The first kappa shape index (κ1) is 22.4. The Morgan fingerprint density at radius 3 is 1.22 bits per heavy atom. The van der Waals surface area contributed by atoms with Crippen molar-refractivity contribution in [3.63, 3.8) is 0 Å². The van der Waals surface area contributed by atoms with Gasteiger partial charge in [0.15, 0.2) is 0 Å². The second-order valence-electron chi connectivity index (χ2n) is 2.00. The minimum atomic E-state index is 0. The van der Waals surface area contributed by atoms with Crippen LogP contribution in [0, 0.1) is 12.8 Å². The van der Waals surface area contributed by atoms with Gasteiger partial charge in [-0.1, -0.05) is 6.92 Å². The molecule has 0 saturated carbocycles. The van der Waals surface area contributed by atoms with Crippen molar-refractivity contribution in [2.24, 2.45) is 0 Å². The molecule has 0 unspecified atom stereocenters. The summed E-state index contributed by atoms with van der Waals surface area (Å²) in [6.45, 7) is 11.8. The van der Waals surface area contributed by atoms with Gasteiger partial charge >= 0.3 is 0 Å². The number of hydrogen-bond acceptors (Lipinski definition) is 0. The first-order valence-corrected chi connectivity index (χ1v) is 2.71. The van der Waals surface area contributed by atoms with E-state index in [1.165, 1.54) is 5.92 Å². The molecule has 0 bridgehead atoms. The molecule has 0 rings (SSSR count). The van der Waals surface area contributed by atoms with Gasteiger partial charge in [0.25, 0.3) is 0 Å². The molecule has 0 saturated heterocycles. The molecule has 2 heteroatoms.